The summed E-state index contributed by atoms with van der Waals surface area (Å²) in [5.41, 5.74) is 6.32. The Hall–Kier alpha value is -3.41. The van der Waals surface area contributed by atoms with E-state index in [0.717, 1.165) is 39.1 Å². The lowest BCUT2D eigenvalue weighted by atomic mass is 9.94. The van der Waals surface area contributed by atoms with Crippen LogP contribution in [0.2, 0.25) is 0 Å². The van der Waals surface area contributed by atoms with E-state index in [1.54, 1.807) is 24.3 Å². The molecular formula is C28H24O4S. The minimum Gasteiger partial charge on any atom is -0.487 e. The maximum Gasteiger partial charge on any atom is 0.297 e. The minimum absolute atomic E-state index is 0.0419. The Labute approximate surface area is 194 Å². The zero-order valence-corrected chi connectivity index (χ0v) is 19.1. The van der Waals surface area contributed by atoms with Gasteiger partial charge in [-0.05, 0) is 53.4 Å². The molecule has 4 aromatic carbocycles. The number of fused-ring (bicyclic) bond motifs is 1. The number of benzene rings is 4. The maximum absolute atomic E-state index is 12.6. The molecular weight excluding hydrogens is 432 g/mol. The van der Waals surface area contributed by atoms with Crippen molar-refractivity contribution in [1.29, 1.82) is 0 Å². The van der Waals surface area contributed by atoms with E-state index in [1.807, 2.05) is 43.3 Å². The smallest absolute Gasteiger partial charge is 0.297 e. The molecule has 166 valence electrons. The highest BCUT2D eigenvalue weighted by atomic mass is 32.2. The number of ether oxygens (including phenoxy) is 1. The van der Waals surface area contributed by atoms with Crippen LogP contribution in [0.3, 0.4) is 0 Å². The number of rotatable bonds is 6. The van der Waals surface area contributed by atoms with Gasteiger partial charge in [0.15, 0.2) is 0 Å². The van der Waals surface area contributed by atoms with Gasteiger partial charge in [-0.25, -0.2) is 0 Å². The molecule has 1 unspecified atom stereocenters. The Kier molecular flexibility index (Phi) is 5.75. The topological polar surface area (TPSA) is 52.6 Å². The zero-order valence-electron chi connectivity index (χ0n) is 18.3. The lowest BCUT2D eigenvalue weighted by Gasteiger charge is -2.14. The van der Waals surface area contributed by atoms with E-state index >= 15 is 0 Å². The van der Waals surface area contributed by atoms with Crippen LogP contribution in [0.25, 0.3) is 22.3 Å². The van der Waals surface area contributed by atoms with E-state index in [9.17, 15) is 8.42 Å². The van der Waals surface area contributed by atoms with Gasteiger partial charge in [-0.15, -0.1) is 0 Å². The predicted octanol–water partition coefficient (Wildman–Crippen LogP) is 6.04. The molecule has 1 aliphatic heterocycles. The molecule has 0 spiro atoms. The first-order chi connectivity index (χ1) is 16.0. The van der Waals surface area contributed by atoms with Crippen LogP contribution in [0, 0.1) is 6.92 Å². The molecule has 5 heteroatoms. The summed E-state index contributed by atoms with van der Waals surface area (Å²) in [5.74, 6) is 0.794. The van der Waals surface area contributed by atoms with Crippen molar-refractivity contribution in [2.45, 2.75) is 24.3 Å². The average Bonchev–Trinajstić information content (AvgIpc) is 3.27. The highest BCUT2D eigenvalue weighted by Crippen LogP contribution is 2.42. The molecule has 1 atom stereocenters. The third-order valence-corrected chi connectivity index (χ3v) is 7.10. The predicted molar refractivity (Wildman–Crippen MR) is 130 cm³/mol. The second-order valence-electron chi connectivity index (χ2n) is 8.24. The van der Waals surface area contributed by atoms with Gasteiger partial charge < -0.3 is 4.74 Å². The quantitative estimate of drug-likeness (QED) is 0.332. The van der Waals surface area contributed by atoms with Gasteiger partial charge in [0.2, 0.25) is 0 Å². The van der Waals surface area contributed by atoms with Crippen molar-refractivity contribution in [3.05, 3.63) is 108 Å². The van der Waals surface area contributed by atoms with Crippen LogP contribution in [0.1, 0.15) is 11.1 Å². The van der Waals surface area contributed by atoms with Gasteiger partial charge in [-0.2, -0.15) is 8.42 Å². The second-order valence-corrected chi connectivity index (χ2v) is 9.86. The molecule has 0 bridgehead atoms. The van der Waals surface area contributed by atoms with Crippen LogP contribution in [0.15, 0.2) is 102 Å². The fourth-order valence-electron chi connectivity index (χ4n) is 4.09. The second kappa shape index (κ2) is 8.85. The number of hydrogen-bond donors (Lipinski definition) is 0. The van der Waals surface area contributed by atoms with Gasteiger partial charge in [0.25, 0.3) is 10.1 Å². The van der Waals surface area contributed by atoms with Crippen LogP contribution in [0.5, 0.6) is 5.75 Å². The van der Waals surface area contributed by atoms with Gasteiger partial charge in [0, 0.05) is 12.0 Å². The number of aryl methyl sites for hydroxylation is 1. The summed E-state index contributed by atoms with van der Waals surface area (Å²) < 4.78 is 36.9. The van der Waals surface area contributed by atoms with E-state index in [0.29, 0.717) is 6.42 Å². The first-order valence-corrected chi connectivity index (χ1v) is 12.3. The highest BCUT2D eigenvalue weighted by Gasteiger charge is 2.29. The van der Waals surface area contributed by atoms with Gasteiger partial charge in [-0.3, -0.25) is 4.18 Å². The summed E-state index contributed by atoms with van der Waals surface area (Å²) in [6.07, 6.45) is 0.202. The molecule has 4 aromatic rings. The third kappa shape index (κ3) is 4.56. The monoisotopic (exact) mass is 456 g/mol. The van der Waals surface area contributed by atoms with Crippen LogP contribution in [-0.4, -0.2) is 21.1 Å². The molecule has 0 N–H and O–H groups in total. The standard InChI is InChI=1S/C28H24O4S/c1-20-12-14-26(15-13-20)33(29,30)31-19-25-17-24-16-23(21-8-4-2-5-9-21)18-27(28(24)32-25)22-10-6-3-7-11-22/h2-16,18,25H,17,19H2,1H3. The van der Waals surface area contributed by atoms with E-state index in [1.165, 1.54) is 0 Å². The summed E-state index contributed by atoms with van der Waals surface area (Å²) in [4.78, 5) is 0.153. The van der Waals surface area contributed by atoms with Crippen molar-refractivity contribution < 1.29 is 17.3 Å². The van der Waals surface area contributed by atoms with E-state index in [-0.39, 0.29) is 17.6 Å². The van der Waals surface area contributed by atoms with E-state index in [4.69, 9.17) is 8.92 Å². The lowest BCUT2D eigenvalue weighted by molar-refractivity contribution is 0.152. The van der Waals surface area contributed by atoms with Gasteiger partial charge in [-0.1, -0.05) is 78.4 Å². The Balaban J connectivity index is 1.43. The van der Waals surface area contributed by atoms with Gasteiger partial charge >= 0.3 is 0 Å². The van der Waals surface area contributed by atoms with Crippen molar-refractivity contribution in [1.82, 2.24) is 0 Å². The Morgan fingerprint density at radius 3 is 2.12 bits per heavy atom. The fraction of sp³-hybridized carbons (Fsp3) is 0.143. The summed E-state index contributed by atoms with van der Waals surface area (Å²) in [6.45, 7) is 1.87. The van der Waals surface area contributed by atoms with Crippen molar-refractivity contribution in [2.24, 2.45) is 0 Å². The van der Waals surface area contributed by atoms with Crippen LogP contribution in [0.4, 0.5) is 0 Å². The first kappa shape index (κ1) is 21.4. The Morgan fingerprint density at radius 2 is 1.45 bits per heavy atom. The van der Waals surface area contributed by atoms with Gasteiger partial charge in [0.05, 0.1) is 4.90 Å². The zero-order chi connectivity index (χ0) is 22.8. The lowest BCUT2D eigenvalue weighted by Crippen LogP contribution is -2.23. The summed E-state index contributed by atoms with van der Waals surface area (Å²) >= 11 is 0. The molecule has 0 amide bonds. The molecule has 33 heavy (non-hydrogen) atoms. The van der Waals surface area contributed by atoms with Crippen molar-refractivity contribution in [3.63, 3.8) is 0 Å². The van der Waals surface area contributed by atoms with E-state index in [2.05, 4.69) is 36.4 Å². The van der Waals surface area contributed by atoms with Crippen LogP contribution in [-0.2, 0) is 20.7 Å². The Bertz CT molecular complexity index is 1360. The SMILES string of the molecule is Cc1ccc(S(=O)(=O)OCC2Cc3cc(-c4ccccc4)cc(-c4ccccc4)c3O2)cc1. The van der Waals surface area contributed by atoms with E-state index < -0.39 is 10.1 Å². The summed E-state index contributed by atoms with van der Waals surface area (Å²) in [5, 5.41) is 0. The molecule has 0 fully saturated rings. The van der Waals surface area contributed by atoms with Gasteiger partial charge in [0.1, 0.15) is 18.5 Å². The third-order valence-electron chi connectivity index (χ3n) is 5.81. The summed E-state index contributed by atoms with van der Waals surface area (Å²) in [7, 11) is -3.85. The molecule has 0 saturated carbocycles. The molecule has 1 heterocycles. The van der Waals surface area contributed by atoms with Crippen molar-refractivity contribution >= 4 is 10.1 Å². The van der Waals surface area contributed by atoms with Crippen LogP contribution >= 0.6 is 0 Å². The highest BCUT2D eigenvalue weighted by molar-refractivity contribution is 7.86. The van der Waals surface area contributed by atoms with Crippen LogP contribution < -0.4 is 4.74 Å². The average molecular weight is 457 g/mol. The first-order valence-electron chi connectivity index (χ1n) is 10.9. The molecule has 0 aliphatic carbocycles. The fourth-order valence-corrected chi connectivity index (χ4v) is 5.03. The molecule has 4 nitrogen and oxygen atoms in total. The van der Waals surface area contributed by atoms with Crippen molar-refractivity contribution in [2.75, 3.05) is 6.61 Å². The molecule has 0 aromatic heterocycles. The normalized spacial score (nSPS) is 15.1. The molecule has 5 rings (SSSR count). The summed E-state index contributed by atoms with van der Waals surface area (Å²) in [6, 6.07) is 31.2. The molecule has 0 saturated heterocycles. The minimum atomic E-state index is -3.85. The number of hydrogen-bond acceptors (Lipinski definition) is 4. The largest absolute Gasteiger partial charge is 0.487 e. The molecule has 0 radical (unpaired) electrons. The molecule has 1 aliphatic rings. The maximum atomic E-state index is 12.6. The Morgan fingerprint density at radius 1 is 0.818 bits per heavy atom. The van der Waals surface area contributed by atoms with Crippen molar-refractivity contribution in [3.8, 4) is 28.0 Å².